The van der Waals surface area contributed by atoms with Crippen molar-refractivity contribution in [2.75, 3.05) is 5.73 Å². The van der Waals surface area contributed by atoms with Crippen molar-refractivity contribution in [2.45, 2.75) is 6.61 Å². The summed E-state index contributed by atoms with van der Waals surface area (Å²) < 4.78 is 5.16. The van der Waals surface area contributed by atoms with Crippen LogP contribution < -0.4 is 5.73 Å². The zero-order valence-electron chi connectivity index (χ0n) is 10.5. The van der Waals surface area contributed by atoms with E-state index in [1.165, 1.54) is 6.07 Å². The minimum Gasteiger partial charge on any atom is -0.457 e. The van der Waals surface area contributed by atoms with Crippen molar-refractivity contribution in [1.29, 1.82) is 5.26 Å². The summed E-state index contributed by atoms with van der Waals surface area (Å²) in [5.41, 5.74) is 7.56. The third kappa shape index (κ3) is 3.28. The summed E-state index contributed by atoms with van der Waals surface area (Å²) in [6.45, 7) is 0.0941. The number of nitrogens with two attached hydrogens (primary N) is 1. The van der Waals surface area contributed by atoms with Gasteiger partial charge in [0.2, 0.25) is 0 Å². The van der Waals surface area contributed by atoms with Crippen LogP contribution in [-0.4, -0.2) is 5.97 Å². The van der Waals surface area contributed by atoms with Gasteiger partial charge in [0.1, 0.15) is 6.61 Å². The lowest BCUT2D eigenvalue weighted by molar-refractivity contribution is 0.0473. The molecular formula is C15H11ClN2O2. The van der Waals surface area contributed by atoms with Gasteiger partial charge in [0.05, 0.1) is 27.9 Å². The largest absolute Gasteiger partial charge is 0.457 e. The van der Waals surface area contributed by atoms with Gasteiger partial charge in [-0.1, -0.05) is 23.7 Å². The minimum atomic E-state index is -0.490. The van der Waals surface area contributed by atoms with Crippen molar-refractivity contribution in [3.05, 3.63) is 64.2 Å². The second-order valence-corrected chi connectivity index (χ2v) is 4.53. The molecule has 0 aliphatic carbocycles. The highest BCUT2D eigenvalue weighted by Crippen LogP contribution is 2.20. The molecule has 2 N–H and O–H groups in total. The Morgan fingerprint density at radius 1 is 1.30 bits per heavy atom. The SMILES string of the molecule is N#Cc1cccc(COC(=O)c2ccc(Cl)c(N)c2)c1. The number of esters is 1. The summed E-state index contributed by atoms with van der Waals surface area (Å²) in [4.78, 5) is 11.9. The van der Waals surface area contributed by atoms with Crippen LogP contribution in [-0.2, 0) is 11.3 Å². The first-order valence-corrected chi connectivity index (χ1v) is 6.19. The lowest BCUT2D eigenvalue weighted by Crippen LogP contribution is -2.06. The molecule has 2 aromatic rings. The maximum Gasteiger partial charge on any atom is 0.338 e. The van der Waals surface area contributed by atoms with Gasteiger partial charge < -0.3 is 10.5 Å². The van der Waals surface area contributed by atoms with Gasteiger partial charge in [-0.25, -0.2) is 4.79 Å². The molecule has 5 heteroatoms. The van der Waals surface area contributed by atoms with E-state index in [1.807, 2.05) is 6.07 Å². The van der Waals surface area contributed by atoms with E-state index in [9.17, 15) is 4.79 Å². The van der Waals surface area contributed by atoms with Crippen molar-refractivity contribution < 1.29 is 9.53 Å². The number of ether oxygens (including phenoxy) is 1. The number of hydrogen-bond donors (Lipinski definition) is 1. The standard InChI is InChI=1S/C15H11ClN2O2/c16-13-5-4-12(7-14(13)18)15(19)20-9-11-3-1-2-10(6-11)8-17/h1-7H,9,18H2. The molecule has 0 atom stereocenters. The maximum atomic E-state index is 11.9. The molecule has 2 rings (SSSR count). The summed E-state index contributed by atoms with van der Waals surface area (Å²) in [5.74, 6) is -0.490. The Labute approximate surface area is 121 Å². The van der Waals surface area contributed by atoms with Crippen LogP contribution in [0.2, 0.25) is 5.02 Å². The third-order valence-electron chi connectivity index (χ3n) is 2.66. The summed E-state index contributed by atoms with van der Waals surface area (Å²) >= 11 is 5.78. The molecule has 100 valence electrons. The Bertz CT molecular complexity index is 693. The number of rotatable bonds is 3. The average Bonchev–Trinajstić information content (AvgIpc) is 2.47. The number of hydrogen-bond acceptors (Lipinski definition) is 4. The third-order valence-corrected chi connectivity index (χ3v) is 3.00. The summed E-state index contributed by atoms with van der Waals surface area (Å²) in [5, 5.41) is 9.18. The van der Waals surface area contributed by atoms with Crippen LogP contribution >= 0.6 is 11.6 Å². The Kier molecular flexibility index (Phi) is 4.24. The number of benzene rings is 2. The summed E-state index contributed by atoms with van der Waals surface area (Å²) in [6, 6.07) is 13.5. The van der Waals surface area contributed by atoms with Crippen molar-refractivity contribution in [3.63, 3.8) is 0 Å². The molecule has 0 saturated carbocycles. The van der Waals surface area contributed by atoms with Gasteiger partial charge in [-0.2, -0.15) is 5.26 Å². The number of carbonyl (C=O) groups is 1. The van der Waals surface area contributed by atoms with Crippen molar-refractivity contribution in [3.8, 4) is 6.07 Å². The van der Waals surface area contributed by atoms with E-state index in [0.717, 1.165) is 5.56 Å². The molecule has 4 nitrogen and oxygen atoms in total. The molecule has 0 aromatic heterocycles. The molecule has 0 radical (unpaired) electrons. The second-order valence-electron chi connectivity index (χ2n) is 4.12. The molecule has 0 spiro atoms. The van der Waals surface area contributed by atoms with Gasteiger partial charge in [0.15, 0.2) is 0 Å². The maximum absolute atomic E-state index is 11.9. The number of nitrogen functional groups attached to an aromatic ring is 1. The van der Waals surface area contributed by atoms with Crippen molar-refractivity contribution >= 4 is 23.3 Å². The lowest BCUT2D eigenvalue weighted by atomic mass is 10.1. The average molecular weight is 287 g/mol. The van der Waals surface area contributed by atoms with Crippen molar-refractivity contribution in [2.24, 2.45) is 0 Å². The Morgan fingerprint density at radius 2 is 2.10 bits per heavy atom. The number of nitriles is 1. The van der Waals surface area contributed by atoms with Gasteiger partial charge in [-0.15, -0.1) is 0 Å². The Hall–Kier alpha value is -2.51. The van der Waals surface area contributed by atoms with Gasteiger partial charge in [0, 0.05) is 0 Å². The van der Waals surface area contributed by atoms with E-state index in [1.54, 1.807) is 36.4 Å². The highest BCUT2D eigenvalue weighted by atomic mass is 35.5. The Balaban J connectivity index is 2.05. The van der Waals surface area contributed by atoms with Gasteiger partial charge in [-0.05, 0) is 35.9 Å². The zero-order chi connectivity index (χ0) is 14.5. The molecule has 0 heterocycles. The minimum absolute atomic E-state index is 0.0941. The molecule has 0 amide bonds. The van der Waals surface area contributed by atoms with E-state index in [-0.39, 0.29) is 6.61 Å². The predicted octanol–water partition coefficient (Wildman–Crippen LogP) is 3.15. The van der Waals surface area contributed by atoms with Crippen LogP contribution in [0.15, 0.2) is 42.5 Å². The van der Waals surface area contributed by atoms with Crippen LogP contribution in [0.4, 0.5) is 5.69 Å². The molecule has 0 bridgehead atoms. The highest BCUT2D eigenvalue weighted by Gasteiger charge is 2.09. The van der Waals surface area contributed by atoms with Crippen LogP contribution in [0.1, 0.15) is 21.5 Å². The van der Waals surface area contributed by atoms with E-state index in [2.05, 4.69) is 0 Å². The molecular weight excluding hydrogens is 276 g/mol. The zero-order valence-corrected chi connectivity index (χ0v) is 11.2. The molecule has 0 saturated heterocycles. The van der Waals surface area contributed by atoms with E-state index in [4.69, 9.17) is 27.3 Å². The van der Waals surface area contributed by atoms with E-state index >= 15 is 0 Å². The molecule has 0 aliphatic rings. The lowest BCUT2D eigenvalue weighted by Gasteiger charge is -2.06. The summed E-state index contributed by atoms with van der Waals surface area (Å²) in [7, 11) is 0. The normalized spacial score (nSPS) is 9.80. The fourth-order valence-electron chi connectivity index (χ4n) is 1.63. The number of halogens is 1. The fraction of sp³-hybridized carbons (Fsp3) is 0.0667. The van der Waals surface area contributed by atoms with Crippen LogP contribution in [0, 0.1) is 11.3 Å². The van der Waals surface area contributed by atoms with Gasteiger partial charge in [-0.3, -0.25) is 0 Å². The van der Waals surface area contributed by atoms with Crippen LogP contribution in [0.5, 0.6) is 0 Å². The second kappa shape index (κ2) is 6.09. The first-order valence-electron chi connectivity index (χ1n) is 5.81. The number of anilines is 1. The smallest absolute Gasteiger partial charge is 0.338 e. The first-order chi connectivity index (χ1) is 9.60. The highest BCUT2D eigenvalue weighted by molar-refractivity contribution is 6.33. The number of carbonyl (C=O) groups excluding carboxylic acids is 1. The molecule has 2 aromatic carbocycles. The quantitative estimate of drug-likeness (QED) is 0.694. The van der Waals surface area contributed by atoms with Crippen molar-refractivity contribution in [1.82, 2.24) is 0 Å². The fourth-order valence-corrected chi connectivity index (χ4v) is 1.75. The molecule has 20 heavy (non-hydrogen) atoms. The number of nitrogens with zero attached hydrogens (tertiary/aromatic N) is 1. The van der Waals surface area contributed by atoms with E-state index in [0.29, 0.717) is 21.8 Å². The van der Waals surface area contributed by atoms with Crippen LogP contribution in [0.3, 0.4) is 0 Å². The monoisotopic (exact) mass is 286 g/mol. The molecule has 0 unspecified atom stereocenters. The topological polar surface area (TPSA) is 76.1 Å². The van der Waals surface area contributed by atoms with Gasteiger partial charge >= 0.3 is 5.97 Å². The predicted molar refractivity (Wildman–Crippen MR) is 76.1 cm³/mol. The van der Waals surface area contributed by atoms with Crippen LogP contribution in [0.25, 0.3) is 0 Å². The first kappa shape index (κ1) is 13.9. The van der Waals surface area contributed by atoms with Gasteiger partial charge in [0.25, 0.3) is 0 Å². The molecule has 0 aliphatic heterocycles. The Morgan fingerprint density at radius 3 is 2.80 bits per heavy atom. The molecule has 0 fully saturated rings. The summed E-state index contributed by atoms with van der Waals surface area (Å²) in [6.07, 6.45) is 0. The van der Waals surface area contributed by atoms with E-state index < -0.39 is 5.97 Å².